The zero-order valence-corrected chi connectivity index (χ0v) is 18.4. The highest BCUT2D eigenvalue weighted by Gasteiger charge is 2.39. The topological polar surface area (TPSA) is 175 Å². The minimum atomic E-state index is -0.833. The van der Waals surface area contributed by atoms with Gasteiger partial charge in [-0.15, -0.1) is 0 Å². The van der Waals surface area contributed by atoms with Crippen LogP contribution in [-0.2, 0) is 19.1 Å². The molecule has 168 valence electrons. The van der Waals surface area contributed by atoms with Crippen molar-refractivity contribution in [1.82, 2.24) is 10.2 Å². The lowest BCUT2D eigenvalue weighted by Gasteiger charge is -2.19. The van der Waals surface area contributed by atoms with Crippen LogP contribution in [0, 0.1) is 5.41 Å². The van der Waals surface area contributed by atoms with Crippen LogP contribution in [0.4, 0.5) is 0 Å². The highest BCUT2D eigenvalue weighted by atomic mass is 32.2. The van der Waals surface area contributed by atoms with Crippen molar-refractivity contribution in [3.8, 4) is 0 Å². The number of hydrogen-bond acceptors (Lipinski definition) is 7. The first-order chi connectivity index (χ1) is 14.5. The average Bonchev–Trinajstić information content (AvgIpc) is 2.99. The molecular formula is C19H25N5O6S. The number of carbonyl (C=O) groups excluding carboxylic acids is 3. The number of ether oxygens (including phenoxy) is 1. The van der Waals surface area contributed by atoms with Crippen molar-refractivity contribution in [1.29, 1.82) is 5.41 Å². The van der Waals surface area contributed by atoms with Gasteiger partial charge in [-0.05, 0) is 19.1 Å². The molecule has 1 saturated heterocycles. The molecule has 0 spiro atoms. The molecule has 11 nitrogen and oxygen atoms in total. The van der Waals surface area contributed by atoms with Crippen LogP contribution >= 0.6 is 11.8 Å². The van der Waals surface area contributed by atoms with Crippen LogP contribution in [0.5, 0.6) is 0 Å². The first-order valence-corrected chi connectivity index (χ1v) is 9.86. The monoisotopic (exact) mass is 451 g/mol. The second-order valence-corrected chi connectivity index (χ2v) is 7.50. The quantitative estimate of drug-likeness (QED) is 0.278. The van der Waals surface area contributed by atoms with Crippen molar-refractivity contribution in [2.24, 2.45) is 10.7 Å². The van der Waals surface area contributed by atoms with Crippen molar-refractivity contribution >= 4 is 46.5 Å². The summed E-state index contributed by atoms with van der Waals surface area (Å²) in [6, 6.07) is 6.04. The van der Waals surface area contributed by atoms with Crippen molar-refractivity contribution in [3.63, 3.8) is 0 Å². The molecular weight excluding hydrogens is 426 g/mol. The predicted octanol–water partition coefficient (Wildman–Crippen LogP) is 0.283. The number of amides is 2. The molecule has 1 aliphatic rings. The molecule has 0 aliphatic carbocycles. The van der Waals surface area contributed by atoms with Gasteiger partial charge in [0, 0.05) is 31.1 Å². The molecule has 0 radical (unpaired) electrons. The number of esters is 1. The molecule has 1 heterocycles. The SMILES string of the molecule is CC(=O)O.COC(=O)CNC(=O)C1SC(=NC(=O)c2ccc(C(=N)N)cc2)N(C)C1C. The van der Waals surface area contributed by atoms with Gasteiger partial charge < -0.3 is 25.8 Å². The van der Waals surface area contributed by atoms with E-state index in [1.165, 1.54) is 7.11 Å². The maximum Gasteiger partial charge on any atom is 0.325 e. The lowest BCUT2D eigenvalue weighted by atomic mass is 10.1. The number of hydrogen-bond donors (Lipinski definition) is 4. The minimum absolute atomic E-state index is 0.0824. The Balaban J connectivity index is 0.00000110. The van der Waals surface area contributed by atoms with E-state index in [1.54, 1.807) is 36.2 Å². The van der Waals surface area contributed by atoms with Crippen molar-refractivity contribution in [2.45, 2.75) is 25.1 Å². The summed E-state index contributed by atoms with van der Waals surface area (Å²) in [5, 5.41) is 17.2. The van der Waals surface area contributed by atoms with Crippen LogP contribution in [0.25, 0.3) is 0 Å². The summed E-state index contributed by atoms with van der Waals surface area (Å²) in [5.74, 6) is -2.23. The molecule has 1 aliphatic heterocycles. The second-order valence-electron chi connectivity index (χ2n) is 6.39. The van der Waals surface area contributed by atoms with Crippen LogP contribution in [0.3, 0.4) is 0 Å². The Morgan fingerprint density at radius 3 is 2.26 bits per heavy atom. The first kappa shape index (κ1) is 25.6. The summed E-state index contributed by atoms with van der Waals surface area (Å²) in [4.78, 5) is 50.7. The number of carboxylic acids is 1. The number of aliphatic carboxylic acids is 1. The van der Waals surface area contributed by atoms with Crippen LogP contribution in [0.15, 0.2) is 29.3 Å². The average molecular weight is 452 g/mol. The van der Waals surface area contributed by atoms with E-state index in [2.05, 4.69) is 15.0 Å². The van der Waals surface area contributed by atoms with Crippen LogP contribution in [0.2, 0.25) is 0 Å². The minimum Gasteiger partial charge on any atom is -0.481 e. The number of benzene rings is 1. The number of thioether (sulfide) groups is 1. The first-order valence-electron chi connectivity index (χ1n) is 8.99. The van der Waals surface area contributed by atoms with Crippen molar-refractivity contribution in [2.75, 3.05) is 20.7 Å². The summed E-state index contributed by atoms with van der Waals surface area (Å²) >= 11 is 1.16. The lowest BCUT2D eigenvalue weighted by molar-refractivity contribution is -0.141. The Morgan fingerprint density at radius 1 is 1.26 bits per heavy atom. The van der Waals surface area contributed by atoms with Gasteiger partial charge in [0.15, 0.2) is 5.17 Å². The number of rotatable bonds is 5. The normalized spacial score (nSPS) is 18.6. The predicted molar refractivity (Wildman–Crippen MR) is 116 cm³/mol. The fourth-order valence-electron chi connectivity index (χ4n) is 2.33. The van der Waals surface area contributed by atoms with Gasteiger partial charge in [-0.3, -0.25) is 24.6 Å². The van der Waals surface area contributed by atoms with Gasteiger partial charge in [0.05, 0.1) is 7.11 Å². The largest absolute Gasteiger partial charge is 0.481 e. The molecule has 1 aromatic carbocycles. The molecule has 0 aromatic heterocycles. The number of carbonyl (C=O) groups is 4. The van der Waals surface area contributed by atoms with Crippen molar-refractivity contribution in [3.05, 3.63) is 35.4 Å². The highest BCUT2D eigenvalue weighted by molar-refractivity contribution is 8.15. The van der Waals surface area contributed by atoms with Gasteiger partial charge in [-0.1, -0.05) is 23.9 Å². The Bertz CT molecular complexity index is 882. The second kappa shape index (κ2) is 11.7. The van der Waals surface area contributed by atoms with Gasteiger partial charge in [0.1, 0.15) is 17.6 Å². The Kier molecular flexibility index (Phi) is 9.67. The molecule has 12 heteroatoms. The summed E-state index contributed by atoms with van der Waals surface area (Å²) in [6.07, 6.45) is 0. The van der Waals surface area contributed by atoms with E-state index in [0.717, 1.165) is 18.7 Å². The Labute approximate surface area is 183 Å². The van der Waals surface area contributed by atoms with Crippen LogP contribution in [0.1, 0.15) is 29.8 Å². The molecule has 2 amide bonds. The van der Waals surface area contributed by atoms with Gasteiger partial charge >= 0.3 is 5.97 Å². The number of nitrogens with two attached hydrogens (primary N) is 1. The fraction of sp³-hybridized carbons (Fsp3) is 0.368. The molecule has 1 fully saturated rings. The number of aliphatic imine (C=N–C) groups is 1. The van der Waals surface area contributed by atoms with E-state index in [1.807, 2.05) is 6.92 Å². The van der Waals surface area contributed by atoms with Gasteiger partial charge in [0.25, 0.3) is 11.9 Å². The van der Waals surface area contributed by atoms with E-state index in [-0.39, 0.29) is 24.3 Å². The van der Waals surface area contributed by atoms with Gasteiger partial charge in [-0.25, -0.2) is 0 Å². The van der Waals surface area contributed by atoms with E-state index < -0.39 is 23.1 Å². The molecule has 5 N–H and O–H groups in total. The highest BCUT2D eigenvalue weighted by Crippen LogP contribution is 2.30. The number of methoxy groups -OCH3 is 1. The number of nitrogens with zero attached hydrogens (tertiary/aromatic N) is 2. The Hall–Kier alpha value is -3.41. The summed E-state index contributed by atoms with van der Waals surface area (Å²) < 4.78 is 4.50. The molecule has 0 saturated carbocycles. The van der Waals surface area contributed by atoms with E-state index >= 15 is 0 Å². The Morgan fingerprint density at radius 2 is 1.77 bits per heavy atom. The molecule has 31 heavy (non-hydrogen) atoms. The van der Waals surface area contributed by atoms with E-state index in [9.17, 15) is 14.4 Å². The summed E-state index contributed by atoms with van der Waals surface area (Å²) in [5.41, 5.74) is 6.27. The summed E-state index contributed by atoms with van der Waals surface area (Å²) in [6.45, 7) is 2.71. The number of nitrogens with one attached hydrogen (secondary N) is 2. The maximum absolute atomic E-state index is 12.4. The lowest BCUT2D eigenvalue weighted by Crippen LogP contribution is -2.42. The van der Waals surface area contributed by atoms with Crippen LogP contribution in [-0.4, -0.2) is 76.8 Å². The van der Waals surface area contributed by atoms with E-state index in [4.69, 9.17) is 21.0 Å². The third kappa shape index (κ3) is 7.74. The van der Waals surface area contributed by atoms with Gasteiger partial charge in [-0.2, -0.15) is 4.99 Å². The third-order valence-electron chi connectivity index (χ3n) is 4.12. The molecule has 2 rings (SSSR count). The smallest absolute Gasteiger partial charge is 0.325 e. The van der Waals surface area contributed by atoms with E-state index in [0.29, 0.717) is 16.3 Å². The number of carboxylic acid groups (broad SMARTS) is 1. The summed E-state index contributed by atoms with van der Waals surface area (Å²) in [7, 11) is 2.99. The standard InChI is InChI=1S/C17H21N5O4S.C2H4O2/c1-9-13(16(25)20-8-12(23)26-3)27-17(22(9)2)21-15(24)11-6-4-10(5-7-11)14(18)19;1-2(3)4/h4-7,9,13H,8H2,1-3H3,(H3,18,19)(H,20,25);1H3,(H,3,4). The zero-order valence-electron chi connectivity index (χ0n) is 17.5. The molecule has 1 aromatic rings. The van der Waals surface area contributed by atoms with Crippen molar-refractivity contribution < 1.29 is 29.0 Å². The third-order valence-corrected chi connectivity index (χ3v) is 5.57. The number of nitrogen functional groups attached to an aromatic ring is 1. The van der Waals surface area contributed by atoms with Gasteiger partial charge in [0.2, 0.25) is 5.91 Å². The number of amidine groups is 2. The molecule has 0 bridgehead atoms. The maximum atomic E-state index is 12.4. The zero-order chi connectivity index (χ0) is 23.7. The fourth-order valence-corrected chi connectivity index (χ4v) is 3.59. The van der Waals surface area contributed by atoms with Crippen LogP contribution < -0.4 is 11.1 Å². The molecule has 2 unspecified atom stereocenters. The molecule has 2 atom stereocenters.